The Morgan fingerprint density at radius 2 is 1.61 bits per heavy atom. The fourth-order valence-electron chi connectivity index (χ4n) is 4.82. The monoisotopic (exact) mass is 603 g/mol. The predicted molar refractivity (Wildman–Crippen MR) is 137 cm³/mol. The fraction of sp³-hybridized carbons (Fsp3) is 0.429. The van der Waals surface area contributed by atoms with Crippen LogP contribution in [-0.2, 0) is 26.7 Å². The number of carboxylic acids is 1. The maximum atomic E-state index is 14.2. The van der Waals surface area contributed by atoms with E-state index in [1.54, 1.807) is 6.07 Å². The number of nitrogens with zero attached hydrogens (tertiary/aromatic N) is 1. The number of ether oxygens (including phenoxy) is 2. The van der Waals surface area contributed by atoms with Crippen LogP contribution in [-0.4, -0.2) is 54.3 Å². The van der Waals surface area contributed by atoms with E-state index < -0.39 is 51.7 Å². The van der Waals surface area contributed by atoms with Crippen molar-refractivity contribution in [3.05, 3.63) is 59.2 Å². The Kier molecular flexibility index (Phi) is 9.58. The average molecular weight is 604 g/mol. The third kappa shape index (κ3) is 7.97. The lowest BCUT2D eigenvalue weighted by Gasteiger charge is -2.27. The van der Waals surface area contributed by atoms with Gasteiger partial charge < -0.3 is 19.5 Å². The summed E-state index contributed by atoms with van der Waals surface area (Å²) in [6.45, 7) is 0.974. The maximum Gasteiger partial charge on any atom is 0.418 e. The van der Waals surface area contributed by atoms with E-state index in [-0.39, 0.29) is 37.3 Å². The van der Waals surface area contributed by atoms with Crippen molar-refractivity contribution < 1.29 is 50.5 Å². The standard InChI is InChI=1S/C28H27F6NO5S/c29-27(30,31)24-17(7-11-23(36)35-12-14-39-15-13-35)6-10-22(25(24)28(32,33)34)41-21-3-1-2-20(16-21)40-19-8-4-18(5-9-19)26(37)38/h1-3,6-7,10-11,16,18-19H,4-5,8-9,12-15H2,(H,37,38)/t18-,19-. The van der Waals surface area contributed by atoms with Crippen LogP contribution in [0.25, 0.3) is 6.08 Å². The number of carbonyl (C=O) groups excluding carboxylic acids is 1. The first-order valence-corrected chi connectivity index (χ1v) is 13.7. The van der Waals surface area contributed by atoms with Crippen molar-refractivity contribution in [3.63, 3.8) is 0 Å². The molecule has 0 radical (unpaired) electrons. The lowest BCUT2D eigenvalue weighted by molar-refractivity contribution is -0.163. The summed E-state index contributed by atoms with van der Waals surface area (Å²) < 4.78 is 96.0. The molecule has 1 heterocycles. The van der Waals surface area contributed by atoms with Crippen molar-refractivity contribution in [2.45, 2.75) is 53.9 Å². The maximum absolute atomic E-state index is 14.2. The van der Waals surface area contributed by atoms with Crippen LogP contribution in [0.1, 0.15) is 42.4 Å². The summed E-state index contributed by atoms with van der Waals surface area (Å²) in [6, 6.07) is 7.88. The van der Waals surface area contributed by atoms with Crippen LogP contribution in [0.3, 0.4) is 0 Å². The summed E-state index contributed by atoms with van der Waals surface area (Å²) in [5.41, 5.74) is -4.48. The second kappa shape index (κ2) is 12.8. The quantitative estimate of drug-likeness (QED) is 0.278. The fourth-order valence-corrected chi connectivity index (χ4v) is 5.85. The van der Waals surface area contributed by atoms with E-state index in [2.05, 4.69) is 0 Å². The molecule has 2 aliphatic rings. The van der Waals surface area contributed by atoms with E-state index in [4.69, 9.17) is 14.6 Å². The number of carbonyl (C=O) groups is 2. The Morgan fingerprint density at radius 3 is 2.22 bits per heavy atom. The minimum Gasteiger partial charge on any atom is -0.490 e. The lowest BCUT2D eigenvalue weighted by atomic mass is 9.87. The zero-order valence-electron chi connectivity index (χ0n) is 21.6. The van der Waals surface area contributed by atoms with E-state index >= 15 is 0 Å². The number of morpholine rings is 1. The molecule has 41 heavy (non-hydrogen) atoms. The average Bonchev–Trinajstić information content (AvgIpc) is 2.91. The molecule has 0 spiro atoms. The summed E-state index contributed by atoms with van der Waals surface area (Å²) in [6.07, 6.45) is -7.53. The topological polar surface area (TPSA) is 76.1 Å². The van der Waals surface area contributed by atoms with E-state index in [9.17, 15) is 35.9 Å². The number of hydrogen-bond acceptors (Lipinski definition) is 5. The Bertz CT molecular complexity index is 1280. The van der Waals surface area contributed by atoms with Gasteiger partial charge in [-0.15, -0.1) is 0 Å². The highest BCUT2D eigenvalue weighted by molar-refractivity contribution is 7.99. The van der Waals surface area contributed by atoms with Crippen LogP contribution >= 0.6 is 11.8 Å². The van der Waals surface area contributed by atoms with Gasteiger partial charge in [-0.2, -0.15) is 26.3 Å². The van der Waals surface area contributed by atoms with Crippen LogP contribution in [0.2, 0.25) is 0 Å². The van der Waals surface area contributed by atoms with Gasteiger partial charge in [-0.25, -0.2) is 0 Å². The van der Waals surface area contributed by atoms with Crippen molar-refractivity contribution in [3.8, 4) is 5.75 Å². The van der Waals surface area contributed by atoms with Crippen LogP contribution in [0.5, 0.6) is 5.75 Å². The number of rotatable bonds is 7. The third-order valence-corrected chi connectivity index (χ3v) is 7.90. The molecular formula is C28H27F6NO5S. The van der Waals surface area contributed by atoms with Gasteiger partial charge in [0.2, 0.25) is 5.91 Å². The number of amides is 1. The van der Waals surface area contributed by atoms with Crippen LogP contribution in [0, 0.1) is 5.92 Å². The van der Waals surface area contributed by atoms with E-state index in [1.807, 2.05) is 0 Å². The van der Waals surface area contributed by atoms with Crippen molar-refractivity contribution >= 4 is 29.7 Å². The second-order valence-electron chi connectivity index (χ2n) is 9.68. The molecule has 0 atom stereocenters. The van der Waals surface area contributed by atoms with Crippen molar-refractivity contribution in [2.75, 3.05) is 26.3 Å². The highest BCUT2D eigenvalue weighted by Gasteiger charge is 2.46. The van der Waals surface area contributed by atoms with Gasteiger partial charge in [0.15, 0.2) is 0 Å². The number of halogens is 6. The number of alkyl halides is 6. The van der Waals surface area contributed by atoms with E-state index in [0.717, 1.165) is 24.3 Å². The van der Waals surface area contributed by atoms with Gasteiger partial charge in [0, 0.05) is 29.0 Å². The SMILES string of the molecule is O=C(C=Cc1ccc(Sc2cccc(O[C@H]3CC[C@H](C(=O)O)CC3)c2)c(C(F)(F)F)c1C(F)(F)F)N1CCOCC1. The second-order valence-corrected chi connectivity index (χ2v) is 10.8. The first kappa shape index (κ1) is 30.8. The molecule has 1 N–H and O–H groups in total. The normalized spacial score (nSPS) is 20.3. The van der Waals surface area contributed by atoms with Gasteiger partial charge in [0.05, 0.1) is 36.4 Å². The molecule has 4 rings (SSSR count). The molecule has 2 fully saturated rings. The zero-order valence-corrected chi connectivity index (χ0v) is 22.5. The molecule has 1 amide bonds. The van der Waals surface area contributed by atoms with Gasteiger partial charge in [0.25, 0.3) is 0 Å². The number of aliphatic carboxylic acids is 1. The molecule has 2 aromatic carbocycles. The number of benzene rings is 2. The van der Waals surface area contributed by atoms with E-state index in [0.29, 0.717) is 43.2 Å². The Hall–Kier alpha value is -3.19. The van der Waals surface area contributed by atoms with Crippen molar-refractivity contribution in [1.82, 2.24) is 4.90 Å². The van der Waals surface area contributed by atoms with Crippen molar-refractivity contribution in [2.24, 2.45) is 5.92 Å². The molecular weight excluding hydrogens is 576 g/mol. The summed E-state index contributed by atoms with van der Waals surface area (Å²) in [5.74, 6) is -1.62. The van der Waals surface area contributed by atoms with Gasteiger partial charge >= 0.3 is 18.3 Å². The summed E-state index contributed by atoms with van der Waals surface area (Å²) in [7, 11) is 0. The molecule has 0 unspecified atom stereocenters. The third-order valence-electron chi connectivity index (χ3n) is 6.85. The van der Waals surface area contributed by atoms with E-state index in [1.165, 1.54) is 23.1 Å². The highest BCUT2D eigenvalue weighted by atomic mass is 32.2. The lowest BCUT2D eigenvalue weighted by Crippen LogP contribution is -2.39. The molecule has 0 bridgehead atoms. The van der Waals surface area contributed by atoms with Gasteiger partial charge in [-0.1, -0.05) is 23.9 Å². The predicted octanol–water partition coefficient (Wildman–Crippen LogP) is 6.77. The largest absolute Gasteiger partial charge is 0.490 e. The first-order chi connectivity index (χ1) is 19.3. The van der Waals surface area contributed by atoms with Crippen LogP contribution < -0.4 is 4.74 Å². The molecule has 0 aromatic heterocycles. The van der Waals surface area contributed by atoms with Gasteiger partial charge in [0.1, 0.15) is 5.75 Å². The molecule has 1 aliphatic carbocycles. The van der Waals surface area contributed by atoms with Gasteiger partial charge in [-0.3, -0.25) is 9.59 Å². The van der Waals surface area contributed by atoms with Gasteiger partial charge in [-0.05, 0) is 61.6 Å². The Morgan fingerprint density at radius 1 is 0.951 bits per heavy atom. The van der Waals surface area contributed by atoms with Crippen molar-refractivity contribution in [1.29, 1.82) is 0 Å². The highest BCUT2D eigenvalue weighted by Crippen LogP contribution is 2.48. The Labute approximate surface area is 236 Å². The smallest absolute Gasteiger partial charge is 0.418 e. The molecule has 222 valence electrons. The summed E-state index contributed by atoms with van der Waals surface area (Å²) in [5, 5.41) is 9.15. The minimum atomic E-state index is -5.36. The molecule has 13 heteroatoms. The number of hydrogen-bond donors (Lipinski definition) is 1. The minimum absolute atomic E-state index is 0.227. The van der Waals surface area contributed by atoms with Crippen LogP contribution in [0.15, 0.2) is 52.3 Å². The molecule has 2 aromatic rings. The first-order valence-electron chi connectivity index (χ1n) is 12.9. The Balaban J connectivity index is 1.60. The zero-order chi connectivity index (χ0) is 29.8. The number of carboxylic acid groups (broad SMARTS) is 1. The molecule has 6 nitrogen and oxygen atoms in total. The summed E-state index contributed by atoms with van der Waals surface area (Å²) in [4.78, 5) is 24.5. The summed E-state index contributed by atoms with van der Waals surface area (Å²) >= 11 is 0.517. The van der Waals surface area contributed by atoms with Crippen LogP contribution in [0.4, 0.5) is 26.3 Å². The molecule has 1 saturated heterocycles. The molecule has 1 aliphatic heterocycles. The molecule has 1 saturated carbocycles.